The minimum absolute atomic E-state index is 0.0553. The van der Waals surface area contributed by atoms with Crippen LogP contribution in [-0.4, -0.2) is 14.5 Å². The molecule has 17 heavy (non-hydrogen) atoms. The highest BCUT2D eigenvalue weighted by molar-refractivity contribution is 6.16. The molecule has 0 amide bonds. The Balaban J connectivity index is 2.61. The number of hydrogen-bond donors (Lipinski definition) is 0. The third kappa shape index (κ3) is 2.10. The second kappa shape index (κ2) is 4.71. The van der Waals surface area contributed by atoms with Crippen LogP contribution >= 0.6 is 11.6 Å². The summed E-state index contributed by atoms with van der Waals surface area (Å²) in [5.74, 6) is 1.06. The summed E-state index contributed by atoms with van der Waals surface area (Å²) >= 11 is 5.82. The number of nitro groups is 1. The maximum Gasteiger partial charge on any atom is 0.271 e. The topological polar surface area (TPSA) is 61.0 Å². The molecule has 0 atom stereocenters. The van der Waals surface area contributed by atoms with Crippen LogP contribution in [0.25, 0.3) is 11.0 Å². The van der Waals surface area contributed by atoms with E-state index < -0.39 is 4.92 Å². The maximum atomic E-state index is 10.7. The molecule has 2 aromatic rings. The molecule has 90 valence electrons. The average Bonchev–Trinajstić information content (AvgIpc) is 2.67. The minimum atomic E-state index is -0.418. The summed E-state index contributed by atoms with van der Waals surface area (Å²) in [4.78, 5) is 14.6. The van der Waals surface area contributed by atoms with Crippen molar-refractivity contribution >= 4 is 28.3 Å². The Morgan fingerprint density at radius 2 is 2.29 bits per heavy atom. The fraction of sp³-hybridized carbons (Fsp3) is 0.364. The van der Waals surface area contributed by atoms with Crippen LogP contribution in [0.4, 0.5) is 5.69 Å². The molecule has 1 aromatic heterocycles. The summed E-state index contributed by atoms with van der Waals surface area (Å²) in [6.45, 7) is 2.88. The first-order valence-electron chi connectivity index (χ1n) is 5.37. The van der Waals surface area contributed by atoms with Crippen molar-refractivity contribution in [3.63, 3.8) is 0 Å². The monoisotopic (exact) mass is 253 g/mol. The predicted octanol–water partition coefficient (Wildman–Crippen LogP) is 3.09. The van der Waals surface area contributed by atoms with Crippen LogP contribution in [0.5, 0.6) is 0 Å². The van der Waals surface area contributed by atoms with Crippen LogP contribution in [0.1, 0.15) is 19.2 Å². The molecule has 0 unspecified atom stereocenters. The lowest BCUT2D eigenvalue weighted by Crippen LogP contribution is -2.01. The summed E-state index contributed by atoms with van der Waals surface area (Å²) in [6, 6.07) is 4.71. The molecule has 0 bridgehead atoms. The number of aromatic nitrogens is 2. The molecule has 5 nitrogen and oxygen atoms in total. The molecule has 6 heteroatoms. The standard InChI is InChI=1S/C11H12ClN3O2/c1-2-5-14-10-4-3-8(15(16)17)6-9(10)13-11(14)7-12/h3-4,6H,2,5,7H2,1H3. The molecule has 0 spiro atoms. The normalized spacial score (nSPS) is 10.9. The lowest BCUT2D eigenvalue weighted by molar-refractivity contribution is -0.384. The van der Waals surface area contributed by atoms with E-state index in [1.807, 2.05) is 4.57 Å². The molecule has 1 heterocycles. The first kappa shape index (κ1) is 11.9. The van der Waals surface area contributed by atoms with E-state index in [9.17, 15) is 10.1 Å². The molecule has 0 saturated carbocycles. The van der Waals surface area contributed by atoms with Gasteiger partial charge in [0.25, 0.3) is 5.69 Å². The number of nitro benzene ring substituents is 1. The molecular weight excluding hydrogens is 242 g/mol. The number of benzene rings is 1. The zero-order valence-corrected chi connectivity index (χ0v) is 10.1. The van der Waals surface area contributed by atoms with Crippen LogP contribution in [0.15, 0.2) is 18.2 Å². The Kier molecular flexibility index (Phi) is 3.28. The molecule has 0 fully saturated rings. The van der Waals surface area contributed by atoms with Gasteiger partial charge in [-0.3, -0.25) is 10.1 Å². The van der Waals surface area contributed by atoms with E-state index in [1.54, 1.807) is 6.07 Å². The molecule has 0 radical (unpaired) electrons. The van der Waals surface area contributed by atoms with Crippen molar-refractivity contribution in [1.29, 1.82) is 0 Å². The lowest BCUT2D eigenvalue weighted by atomic mass is 10.3. The first-order chi connectivity index (χ1) is 8.17. The highest BCUT2D eigenvalue weighted by atomic mass is 35.5. The summed E-state index contributed by atoms with van der Waals surface area (Å²) in [5.41, 5.74) is 1.58. The zero-order chi connectivity index (χ0) is 12.4. The number of rotatable bonds is 4. The fourth-order valence-corrected chi connectivity index (χ4v) is 2.06. The molecule has 2 rings (SSSR count). The Hall–Kier alpha value is -1.62. The largest absolute Gasteiger partial charge is 0.327 e. The lowest BCUT2D eigenvalue weighted by Gasteiger charge is -2.04. The summed E-state index contributed by atoms with van der Waals surface area (Å²) in [5, 5.41) is 10.7. The Morgan fingerprint density at radius 3 is 2.88 bits per heavy atom. The smallest absolute Gasteiger partial charge is 0.271 e. The van der Waals surface area contributed by atoms with Crippen LogP contribution in [0.2, 0.25) is 0 Å². The van der Waals surface area contributed by atoms with Crippen LogP contribution in [0.3, 0.4) is 0 Å². The number of aryl methyl sites for hydroxylation is 1. The summed E-state index contributed by atoms with van der Waals surface area (Å²) in [7, 11) is 0. The third-order valence-corrected chi connectivity index (χ3v) is 2.83. The first-order valence-corrected chi connectivity index (χ1v) is 5.90. The van der Waals surface area contributed by atoms with Crippen molar-refractivity contribution in [2.24, 2.45) is 0 Å². The van der Waals surface area contributed by atoms with E-state index >= 15 is 0 Å². The van der Waals surface area contributed by atoms with Gasteiger partial charge in [0.2, 0.25) is 0 Å². The Labute approximate surface area is 103 Å². The van der Waals surface area contributed by atoms with E-state index in [-0.39, 0.29) is 5.69 Å². The van der Waals surface area contributed by atoms with Gasteiger partial charge < -0.3 is 4.57 Å². The maximum absolute atomic E-state index is 10.7. The number of alkyl halides is 1. The van der Waals surface area contributed by atoms with E-state index in [2.05, 4.69) is 11.9 Å². The zero-order valence-electron chi connectivity index (χ0n) is 9.39. The molecule has 1 aromatic carbocycles. The fourth-order valence-electron chi connectivity index (χ4n) is 1.86. The SMILES string of the molecule is CCCn1c(CCl)nc2cc([N+](=O)[O-])ccc21. The highest BCUT2D eigenvalue weighted by Gasteiger charge is 2.13. The number of non-ortho nitro benzene ring substituents is 1. The number of fused-ring (bicyclic) bond motifs is 1. The van der Waals surface area contributed by atoms with Gasteiger partial charge in [-0.05, 0) is 12.5 Å². The van der Waals surface area contributed by atoms with Crippen LogP contribution in [-0.2, 0) is 12.4 Å². The van der Waals surface area contributed by atoms with Gasteiger partial charge in [0.05, 0.1) is 21.8 Å². The van der Waals surface area contributed by atoms with Crippen molar-refractivity contribution in [2.45, 2.75) is 25.8 Å². The summed E-state index contributed by atoms with van der Waals surface area (Å²) in [6.07, 6.45) is 0.965. The van der Waals surface area contributed by atoms with Crippen molar-refractivity contribution in [3.05, 3.63) is 34.1 Å². The number of nitrogens with zero attached hydrogens (tertiary/aromatic N) is 3. The predicted molar refractivity (Wildman–Crippen MR) is 66.2 cm³/mol. The molecular formula is C11H12ClN3O2. The van der Waals surface area contributed by atoms with Gasteiger partial charge in [0, 0.05) is 18.7 Å². The molecule has 0 N–H and O–H groups in total. The van der Waals surface area contributed by atoms with Gasteiger partial charge in [-0.1, -0.05) is 6.92 Å². The van der Waals surface area contributed by atoms with E-state index in [0.29, 0.717) is 11.4 Å². The van der Waals surface area contributed by atoms with Gasteiger partial charge >= 0.3 is 0 Å². The minimum Gasteiger partial charge on any atom is -0.327 e. The van der Waals surface area contributed by atoms with Gasteiger partial charge in [-0.25, -0.2) is 4.98 Å². The van der Waals surface area contributed by atoms with Crippen molar-refractivity contribution in [1.82, 2.24) is 9.55 Å². The van der Waals surface area contributed by atoms with E-state index in [1.165, 1.54) is 12.1 Å². The van der Waals surface area contributed by atoms with Crippen LogP contribution < -0.4 is 0 Å². The average molecular weight is 254 g/mol. The number of hydrogen-bond acceptors (Lipinski definition) is 3. The van der Waals surface area contributed by atoms with Gasteiger partial charge in [-0.15, -0.1) is 11.6 Å². The van der Waals surface area contributed by atoms with Crippen LogP contribution in [0, 0.1) is 10.1 Å². The van der Waals surface area contributed by atoms with Crippen molar-refractivity contribution in [3.8, 4) is 0 Å². The highest BCUT2D eigenvalue weighted by Crippen LogP contribution is 2.22. The van der Waals surface area contributed by atoms with E-state index in [4.69, 9.17) is 11.6 Å². The molecule has 0 aliphatic carbocycles. The second-order valence-corrected chi connectivity index (χ2v) is 4.01. The van der Waals surface area contributed by atoms with Gasteiger partial charge in [0.15, 0.2) is 0 Å². The molecule has 0 aliphatic heterocycles. The quantitative estimate of drug-likeness (QED) is 0.478. The number of halogens is 1. The molecule has 0 saturated heterocycles. The van der Waals surface area contributed by atoms with Crippen molar-refractivity contribution < 1.29 is 4.92 Å². The van der Waals surface area contributed by atoms with Gasteiger partial charge in [0.1, 0.15) is 5.82 Å². The Bertz CT molecular complexity index is 565. The second-order valence-electron chi connectivity index (χ2n) is 3.74. The van der Waals surface area contributed by atoms with Crippen molar-refractivity contribution in [2.75, 3.05) is 0 Å². The Morgan fingerprint density at radius 1 is 1.53 bits per heavy atom. The van der Waals surface area contributed by atoms with E-state index in [0.717, 1.165) is 24.3 Å². The number of imidazole rings is 1. The third-order valence-electron chi connectivity index (χ3n) is 2.59. The summed E-state index contributed by atoms with van der Waals surface area (Å²) < 4.78 is 2.01. The van der Waals surface area contributed by atoms with Gasteiger partial charge in [-0.2, -0.15) is 0 Å². The molecule has 0 aliphatic rings.